The molecule has 5 heteroatoms. The summed E-state index contributed by atoms with van der Waals surface area (Å²) in [5, 5.41) is 3.06. The molecule has 124 valence electrons. The van der Waals surface area contributed by atoms with Crippen molar-refractivity contribution in [3.05, 3.63) is 76.8 Å². The number of benzene rings is 2. The van der Waals surface area contributed by atoms with Crippen molar-refractivity contribution in [1.82, 2.24) is 9.88 Å². The van der Waals surface area contributed by atoms with E-state index in [-0.39, 0.29) is 11.1 Å². The highest BCUT2D eigenvalue weighted by molar-refractivity contribution is 8.18. The van der Waals surface area contributed by atoms with E-state index in [9.17, 15) is 9.59 Å². The number of carbonyl (C=O) groups is 2. The molecule has 1 aromatic heterocycles. The van der Waals surface area contributed by atoms with Crippen LogP contribution in [0.2, 0.25) is 0 Å². The molecule has 0 saturated carbocycles. The van der Waals surface area contributed by atoms with Crippen molar-refractivity contribution < 1.29 is 9.59 Å². The smallest absolute Gasteiger partial charge is 0.290 e. The number of rotatable bonds is 4. The van der Waals surface area contributed by atoms with Crippen LogP contribution in [0.25, 0.3) is 17.0 Å². The van der Waals surface area contributed by atoms with E-state index in [0.29, 0.717) is 4.91 Å². The van der Waals surface area contributed by atoms with E-state index in [1.54, 1.807) is 6.08 Å². The van der Waals surface area contributed by atoms with Crippen LogP contribution in [-0.2, 0) is 17.8 Å². The van der Waals surface area contributed by atoms with Crippen molar-refractivity contribution >= 4 is 39.9 Å². The summed E-state index contributed by atoms with van der Waals surface area (Å²) in [4.78, 5) is 23.6. The lowest BCUT2D eigenvalue weighted by Gasteiger charge is -2.05. The Hall–Kier alpha value is -2.79. The molecular weight excluding hydrogens is 332 g/mol. The van der Waals surface area contributed by atoms with Crippen LogP contribution in [0.3, 0.4) is 0 Å². The second-order valence-electron chi connectivity index (χ2n) is 5.88. The lowest BCUT2D eigenvalue weighted by Crippen LogP contribution is -2.17. The van der Waals surface area contributed by atoms with E-state index in [1.807, 2.05) is 36.4 Å². The summed E-state index contributed by atoms with van der Waals surface area (Å²) >= 11 is 0.949. The largest absolute Gasteiger partial charge is 0.347 e. The molecule has 4 nitrogen and oxygen atoms in total. The molecule has 0 bridgehead atoms. The van der Waals surface area contributed by atoms with Gasteiger partial charge in [-0.1, -0.05) is 48.5 Å². The van der Waals surface area contributed by atoms with Gasteiger partial charge in [0.05, 0.1) is 4.91 Å². The molecule has 1 fully saturated rings. The van der Waals surface area contributed by atoms with E-state index in [1.165, 1.54) is 5.56 Å². The molecule has 3 aromatic rings. The Kier molecular flexibility index (Phi) is 4.15. The van der Waals surface area contributed by atoms with Gasteiger partial charge in [-0.25, -0.2) is 0 Å². The molecule has 0 radical (unpaired) electrons. The van der Waals surface area contributed by atoms with Crippen LogP contribution in [0.1, 0.15) is 11.1 Å². The summed E-state index contributed by atoms with van der Waals surface area (Å²) in [6.07, 6.45) is 4.78. The van der Waals surface area contributed by atoms with Gasteiger partial charge in [0.15, 0.2) is 0 Å². The summed E-state index contributed by atoms with van der Waals surface area (Å²) in [6.45, 7) is 0.853. The molecule has 0 aliphatic carbocycles. The van der Waals surface area contributed by atoms with E-state index in [2.05, 4.69) is 34.3 Å². The number of thioether (sulfide) groups is 1. The SMILES string of the molecule is O=C1NC(=O)/C(=C/c2cn(CCc3ccccc3)c3ccccc23)S1. The first-order valence-corrected chi connectivity index (χ1v) is 8.89. The third-order valence-corrected chi connectivity index (χ3v) is 5.04. The van der Waals surface area contributed by atoms with Gasteiger partial charge in [-0.15, -0.1) is 0 Å². The maximum absolute atomic E-state index is 11.8. The fourth-order valence-electron chi connectivity index (χ4n) is 3.03. The fraction of sp³-hybridized carbons (Fsp3) is 0.100. The zero-order valence-electron chi connectivity index (χ0n) is 13.4. The lowest BCUT2D eigenvalue weighted by molar-refractivity contribution is -0.115. The minimum Gasteiger partial charge on any atom is -0.347 e. The van der Waals surface area contributed by atoms with Crippen molar-refractivity contribution in [2.45, 2.75) is 13.0 Å². The quantitative estimate of drug-likeness (QED) is 0.719. The first-order valence-electron chi connectivity index (χ1n) is 8.07. The van der Waals surface area contributed by atoms with Gasteiger partial charge < -0.3 is 4.57 Å². The minimum absolute atomic E-state index is 0.316. The normalized spacial score (nSPS) is 15.9. The third kappa shape index (κ3) is 3.23. The molecule has 0 atom stereocenters. The summed E-state index contributed by atoms with van der Waals surface area (Å²) in [5.74, 6) is -0.323. The predicted octanol–water partition coefficient (Wildman–Crippen LogP) is 4.21. The lowest BCUT2D eigenvalue weighted by atomic mass is 10.1. The molecule has 4 rings (SSSR count). The molecular formula is C20H16N2O2S. The summed E-state index contributed by atoms with van der Waals surface area (Å²) < 4.78 is 2.20. The van der Waals surface area contributed by atoms with Gasteiger partial charge >= 0.3 is 0 Å². The number of aryl methyl sites for hydroxylation is 2. The highest BCUT2D eigenvalue weighted by atomic mass is 32.2. The van der Waals surface area contributed by atoms with Crippen LogP contribution in [-0.4, -0.2) is 15.7 Å². The van der Waals surface area contributed by atoms with Gasteiger partial charge in [0.2, 0.25) is 0 Å². The van der Waals surface area contributed by atoms with Crippen LogP contribution >= 0.6 is 11.8 Å². The first kappa shape index (κ1) is 15.7. The molecule has 1 aliphatic heterocycles. The van der Waals surface area contributed by atoms with Gasteiger partial charge in [0.1, 0.15) is 0 Å². The Labute approximate surface area is 149 Å². The van der Waals surface area contributed by atoms with Crippen molar-refractivity contribution in [2.75, 3.05) is 0 Å². The number of fused-ring (bicyclic) bond motifs is 1. The van der Waals surface area contributed by atoms with E-state index in [4.69, 9.17) is 0 Å². The van der Waals surface area contributed by atoms with Crippen molar-refractivity contribution in [3.63, 3.8) is 0 Å². The fourth-order valence-corrected chi connectivity index (χ4v) is 3.70. The number of para-hydroxylation sites is 1. The van der Waals surface area contributed by atoms with Crippen LogP contribution in [0.15, 0.2) is 65.7 Å². The minimum atomic E-state index is -0.323. The summed E-state index contributed by atoms with van der Waals surface area (Å²) in [6, 6.07) is 18.5. The van der Waals surface area contributed by atoms with Gasteiger partial charge in [0.25, 0.3) is 11.1 Å². The van der Waals surface area contributed by atoms with Gasteiger partial charge in [-0.3, -0.25) is 14.9 Å². The molecule has 1 aliphatic rings. The van der Waals surface area contributed by atoms with E-state index < -0.39 is 0 Å². The summed E-state index contributed by atoms with van der Waals surface area (Å²) in [5.41, 5.74) is 3.37. The predicted molar refractivity (Wildman–Crippen MR) is 101 cm³/mol. The number of amides is 2. The Morgan fingerprint density at radius 2 is 1.76 bits per heavy atom. The topological polar surface area (TPSA) is 51.1 Å². The van der Waals surface area contributed by atoms with E-state index >= 15 is 0 Å². The average molecular weight is 348 g/mol. The third-order valence-electron chi connectivity index (χ3n) is 4.23. The molecule has 0 unspecified atom stereocenters. The average Bonchev–Trinajstić information content (AvgIpc) is 3.14. The number of hydrogen-bond donors (Lipinski definition) is 1. The number of hydrogen-bond acceptors (Lipinski definition) is 3. The Morgan fingerprint density at radius 1 is 1.00 bits per heavy atom. The molecule has 25 heavy (non-hydrogen) atoms. The number of nitrogens with zero attached hydrogens (tertiary/aromatic N) is 1. The summed E-state index contributed by atoms with van der Waals surface area (Å²) in [7, 11) is 0. The number of aromatic nitrogens is 1. The molecule has 0 spiro atoms. The van der Waals surface area contributed by atoms with E-state index in [0.717, 1.165) is 41.2 Å². The maximum atomic E-state index is 11.8. The number of nitrogens with one attached hydrogen (secondary N) is 1. The zero-order valence-corrected chi connectivity index (χ0v) is 14.3. The standard InChI is InChI=1S/C20H16N2O2S/c23-19-18(25-20(24)21-19)12-15-13-22(17-9-5-4-8-16(15)17)11-10-14-6-2-1-3-7-14/h1-9,12-13H,10-11H2,(H,21,23,24)/b18-12-. The van der Waals surface area contributed by atoms with Crippen molar-refractivity contribution in [2.24, 2.45) is 0 Å². The Balaban J connectivity index is 1.68. The number of imide groups is 1. The molecule has 2 aromatic carbocycles. The highest BCUT2D eigenvalue weighted by Crippen LogP contribution is 2.29. The van der Waals surface area contributed by atoms with Crippen LogP contribution in [0.5, 0.6) is 0 Å². The van der Waals surface area contributed by atoms with Crippen molar-refractivity contribution in [1.29, 1.82) is 0 Å². The number of carbonyl (C=O) groups excluding carboxylic acids is 2. The van der Waals surface area contributed by atoms with Crippen LogP contribution in [0.4, 0.5) is 4.79 Å². The zero-order chi connectivity index (χ0) is 17.2. The second kappa shape index (κ2) is 6.61. The van der Waals surface area contributed by atoms with Crippen LogP contribution < -0.4 is 5.32 Å². The van der Waals surface area contributed by atoms with Crippen LogP contribution in [0, 0.1) is 0 Å². The van der Waals surface area contributed by atoms with Gasteiger partial charge in [0, 0.05) is 29.2 Å². The van der Waals surface area contributed by atoms with Gasteiger partial charge in [-0.2, -0.15) is 0 Å². The molecule has 2 heterocycles. The Morgan fingerprint density at radius 3 is 2.52 bits per heavy atom. The molecule has 2 amide bonds. The highest BCUT2D eigenvalue weighted by Gasteiger charge is 2.25. The Bertz CT molecular complexity index is 989. The maximum Gasteiger partial charge on any atom is 0.290 e. The first-order chi connectivity index (χ1) is 12.2. The monoisotopic (exact) mass is 348 g/mol. The second-order valence-corrected chi connectivity index (χ2v) is 6.90. The molecule has 1 N–H and O–H groups in total. The molecule has 1 saturated heterocycles. The van der Waals surface area contributed by atoms with Gasteiger partial charge in [-0.05, 0) is 35.9 Å². The van der Waals surface area contributed by atoms with Crippen molar-refractivity contribution in [3.8, 4) is 0 Å².